The fourth-order valence-corrected chi connectivity index (χ4v) is 2.98. The minimum absolute atomic E-state index is 0.188. The van der Waals surface area contributed by atoms with E-state index in [0.717, 1.165) is 5.01 Å². The van der Waals surface area contributed by atoms with Crippen molar-refractivity contribution < 1.29 is 23.9 Å². The normalized spacial score (nSPS) is 18.6. The predicted octanol–water partition coefficient (Wildman–Crippen LogP) is 3.62. The Kier molecular flexibility index (Phi) is 6.07. The highest BCUT2D eigenvalue weighted by atomic mass is 35.5. The number of hydrogen-bond acceptors (Lipinski definition) is 6. The first-order valence-corrected chi connectivity index (χ1v) is 9.52. The molecule has 2 aromatic carbocycles. The van der Waals surface area contributed by atoms with Crippen molar-refractivity contribution in [1.29, 1.82) is 0 Å². The number of imide groups is 1. The predicted molar refractivity (Wildman–Crippen MR) is 111 cm³/mol. The number of nitrogens with zero attached hydrogens (tertiary/aromatic N) is 2. The van der Waals surface area contributed by atoms with Crippen molar-refractivity contribution in [2.24, 2.45) is 5.10 Å². The summed E-state index contributed by atoms with van der Waals surface area (Å²) < 4.78 is 10.7. The Balaban J connectivity index is 1.78. The van der Waals surface area contributed by atoms with Crippen LogP contribution in [0.4, 0.5) is 4.79 Å². The molecule has 0 spiro atoms. The molecule has 3 amide bonds. The van der Waals surface area contributed by atoms with Crippen LogP contribution in [0.25, 0.3) is 0 Å². The zero-order valence-electron chi connectivity index (χ0n) is 16.6. The third kappa shape index (κ3) is 4.13. The molecule has 1 saturated heterocycles. The second-order valence-electron chi connectivity index (χ2n) is 6.76. The van der Waals surface area contributed by atoms with E-state index >= 15 is 0 Å². The number of nitrogens with one attached hydrogen (secondary N) is 1. The molecule has 1 aliphatic heterocycles. The van der Waals surface area contributed by atoms with Crippen molar-refractivity contribution in [1.82, 2.24) is 10.3 Å². The first-order chi connectivity index (χ1) is 14.3. The maximum absolute atomic E-state index is 12.4. The number of methoxy groups -OCH3 is 1. The SMILES string of the molecule is CCC1(C)NC(=O)N(N=Cc2ccc(OC(=O)c3ccccc3Cl)c(OC)c2)C1=O. The maximum atomic E-state index is 12.4. The van der Waals surface area contributed by atoms with Crippen LogP contribution in [-0.4, -0.2) is 41.8 Å². The molecular weight excluding hydrogens is 410 g/mol. The molecule has 0 bridgehead atoms. The van der Waals surface area contributed by atoms with Crippen LogP contribution in [0.1, 0.15) is 36.2 Å². The number of rotatable bonds is 6. The van der Waals surface area contributed by atoms with Crippen molar-refractivity contribution in [3.63, 3.8) is 0 Å². The lowest BCUT2D eigenvalue weighted by atomic mass is 10.00. The van der Waals surface area contributed by atoms with Gasteiger partial charge in [-0.1, -0.05) is 30.7 Å². The van der Waals surface area contributed by atoms with Crippen molar-refractivity contribution in [3.8, 4) is 11.5 Å². The molecule has 8 nitrogen and oxygen atoms in total. The number of carbonyl (C=O) groups excluding carboxylic acids is 3. The third-order valence-corrected chi connectivity index (χ3v) is 5.08. The smallest absolute Gasteiger partial charge is 0.346 e. The number of benzene rings is 2. The fourth-order valence-electron chi connectivity index (χ4n) is 2.77. The highest BCUT2D eigenvalue weighted by molar-refractivity contribution is 6.33. The van der Waals surface area contributed by atoms with E-state index in [1.165, 1.54) is 19.4 Å². The van der Waals surface area contributed by atoms with Crippen LogP contribution in [0.2, 0.25) is 5.02 Å². The number of hydrazone groups is 1. The van der Waals surface area contributed by atoms with Crippen molar-refractivity contribution in [2.75, 3.05) is 7.11 Å². The largest absolute Gasteiger partial charge is 0.493 e. The summed E-state index contributed by atoms with van der Waals surface area (Å²) in [7, 11) is 1.42. The molecule has 1 aliphatic rings. The summed E-state index contributed by atoms with van der Waals surface area (Å²) in [5.41, 5.74) is -0.206. The average molecular weight is 430 g/mol. The van der Waals surface area contributed by atoms with Gasteiger partial charge in [0.15, 0.2) is 11.5 Å². The summed E-state index contributed by atoms with van der Waals surface area (Å²) in [6.07, 6.45) is 1.80. The van der Waals surface area contributed by atoms with E-state index < -0.39 is 23.4 Å². The van der Waals surface area contributed by atoms with Gasteiger partial charge >= 0.3 is 12.0 Å². The molecule has 1 fully saturated rings. The number of ether oxygens (including phenoxy) is 2. The molecule has 0 saturated carbocycles. The van der Waals surface area contributed by atoms with Crippen LogP contribution >= 0.6 is 11.6 Å². The molecule has 2 aromatic rings. The van der Waals surface area contributed by atoms with Crippen LogP contribution in [0.15, 0.2) is 47.6 Å². The zero-order chi connectivity index (χ0) is 21.9. The second-order valence-corrected chi connectivity index (χ2v) is 7.16. The summed E-state index contributed by atoms with van der Waals surface area (Å²) in [5.74, 6) is -0.593. The van der Waals surface area contributed by atoms with Gasteiger partial charge in [-0.25, -0.2) is 9.59 Å². The topological polar surface area (TPSA) is 97.3 Å². The number of urea groups is 1. The monoisotopic (exact) mass is 429 g/mol. The van der Waals surface area contributed by atoms with Gasteiger partial charge in [-0.05, 0) is 49.2 Å². The van der Waals surface area contributed by atoms with E-state index in [0.29, 0.717) is 12.0 Å². The van der Waals surface area contributed by atoms with E-state index in [-0.39, 0.29) is 22.1 Å². The number of carbonyl (C=O) groups is 3. The molecule has 0 radical (unpaired) electrons. The molecule has 0 aromatic heterocycles. The fraction of sp³-hybridized carbons (Fsp3) is 0.238. The van der Waals surface area contributed by atoms with Gasteiger partial charge < -0.3 is 14.8 Å². The quantitative estimate of drug-likeness (QED) is 0.327. The van der Waals surface area contributed by atoms with E-state index in [2.05, 4.69) is 10.4 Å². The zero-order valence-corrected chi connectivity index (χ0v) is 17.4. The molecule has 1 unspecified atom stereocenters. The highest BCUT2D eigenvalue weighted by Gasteiger charge is 2.46. The summed E-state index contributed by atoms with van der Waals surface area (Å²) >= 11 is 6.03. The Bertz CT molecular complexity index is 1040. The number of amides is 3. The van der Waals surface area contributed by atoms with Gasteiger partial charge in [0.05, 0.1) is 23.9 Å². The summed E-state index contributed by atoms with van der Waals surface area (Å²) in [6.45, 7) is 3.45. The van der Waals surface area contributed by atoms with Crippen LogP contribution in [0, 0.1) is 0 Å². The summed E-state index contributed by atoms with van der Waals surface area (Å²) in [4.78, 5) is 36.8. The average Bonchev–Trinajstić information content (AvgIpc) is 2.96. The summed E-state index contributed by atoms with van der Waals surface area (Å²) in [5, 5.41) is 7.68. The number of esters is 1. The minimum Gasteiger partial charge on any atom is -0.493 e. The van der Waals surface area contributed by atoms with Crippen LogP contribution in [0.3, 0.4) is 0 Å². The molecule has 0 aliphatic carbocycles. The van der Waals surface area contributed by atoms with Crippen LogP contribution in [-0.2, 0) is 4.79 Å². The third-order valence-electron chi connectivity index (χ3n) is 4.75. The number of halogens is 1. The summed E-state index contributed by atoms with van der Waals surface area (Å²) in [6, 6.07) is 10.7. The Morgan fingerprint density at radius 3 is 2.60 bits per heavy atom. The van der Waals surface area contributed by atoms with E-state index in [9.17, 15) is 14.4 Å². The standard InChI is InChI=1S/C21H20ClN3O5/c1-4-21(2)19(27)25(20(28)24-21)23-12-13-9-10-16(17(11-13)29-3)30-18(26)14-7-5-6-8-15(14)22/h5-12H,4H2,1-3H3,(H,24,28). The van der Waals surface area contributed by atoms with Gasteiger partial charge in [0.2, 0.25) is 0 Å². The lowest BCUT2D eigenvalue weighted by Gasteiger charge is -2.17. The molecule has 30 heavy (non-hydrogen) atoms. The molecule has 1 N–H and O–H groups in total. The van der Waals surface area contributed by atoms with Gasteiger partial charge in [0.25, 0.3) is 5.91 Å². The molecule has 156 valence electrons. The Morgan fingerprint density at radius 2 is 1.97 bits per heavy atom. The first kappa shape index (κ1) is 21.3. The Morgan fingerprint density at radius 1 is 1.23 bits per heavy atom. The molecule has 3 rings (SSSR count). The van der Waals surface area contributed by atoms with Gasteiger partial charge in [-0.3, -0.25) is 4.79 Å². The lowest BCUT2D eigenvalue weighted by Crippen LogP contribution is -2.42. The van der Waals surface area contributed by atoms with Crippen LogP contribution in [0.5, 0.6) is 11.5 Å². The molecular formula is C21H20ClN3O5. The van der Waals surface area contributed by atoms with Crippen LogP contribution < -0.4 is 14.8 Å². The van der Waals surface area contributed by atoms with Crippen molar-refractivity contribution >= 4 is 35.7 Å². The van der Waals surface area contributed by atoms with E-state index in [1.54, 1.807) is 50.2 Å². The molecule has 9 heteroatoms. The van der Waals surface area contributed by atoms with Crippen molar-refractivity contribution in [2.45, 2.75) is 25.8 Å². The van der Waals surface area contributed by atoms with E-state index in [1.807, 2.05) is 0 Å². The molecule has 1 atom stereocenters. The first-order valence-electron chi connectivity index (χ1n) is 9.14. The maximum Gasteiger partial charge on any atom is 0.346 e. The Labute approximate surface area is 178 Å². The second kappa shape index (κ2) is 8.54. The van der Waals surface area contributed by atoms with Gasteiger partial charge in [-0.2, -0.15) is 5.10 Å². The lowest BCUT2D eigenvalue weighted by molar-refractivity contribution is -0.130. The number of hydrogen-bond donors (Lipinski definition) is 1. The van der Waals surface area contributed by atoms with E-state index in [4.69, 9.17) is 21.1 Å². The van der Waals surface area contributed by atoms with Gasteiger partial charge in [0.1, 0.15) is 5.54 Å². The van der Waals surface area contributed by atoms with Crippen molar-refractivity contribution in [3.05, 3.63) is 58.6 Å². The van der Waals surface area contributed by atoms with Gasteiger partial charge in [0, 0.05) is 0 Å². The highest BCUT2D eigenvalue weighted by Crippen LogP contribution is 2.29. The molecule has 1 heterocycles. The van der Waals surface area contributed by atoms with Gasteiger partial charge in [-0.15, -0.1) is 5.01 Å². The minimum atomic E-state index is -0.969. The Hall–Kier alpha value is -3.39.